The SMILES string of the molecule is [Na+].[Na+].[O-2].[O-2].[O-2].[O-2].[O-2].[O-2].[O-2].[Ti+4].[Ti+4].[Ti+4]. The average molecular weight is 302 g/mol. The minimum Gasteiger partial charge on any atom is -2.00 e. The van der Waals surface area contributed by atoms with E-state index in [0.717, 1.165) is 0 Å². The van der Waals surface area contributed by atoms with Crippen molar-refractivity contribution in [3.05, 3.63) is 0 Å². The third-order valence-corrected chi connectivity index (χ3v) is 0. The second-order valence-corrected chi connectivity index (χ2v) is 0. The minimum absolute atomic E-state index is 0. The summed E-state index contributed by atoms with van der Waals surface area (Å²) in [5, 5.41) is 0. The van der Waals surface area contributed by atoms with E-state index < -0.39 is 0 Å². The van der Waals surface area contributed by atoms with Gasteiger partial charge in [0.1, 0.15) is 0 Å². The first kappa shape index (κ1) is 235. The van der Waals surface area contributed by atoms with Crippen molar-refractivity contribution in [3.8, 4) is 0 Å². The Morgan fingerprint density at radius 3 is 0.250 bits per heavy atom. The van der Waals surface area contributed by atoms with Gasteiger partial charge in [0.05, 0.1) is 0 Å². The van der Waals surface area contributed by atoms with Gasteiger partial charge in [0.15, 0.2) is 0 Å². The van der Waals surface area contributed by atoms with Crippen molar-refractivity contribution in [1.82, 2.24) is 0 Å². The number of hydrogen-bond donors (Lipinski definition) is 0. The van der Waals surface area contributed by atoms with Crippen LogP contribution < -0.4 is 59.1 Å². The summed E-state index contributed by atoms with van der Waals surface area (Å²) >= 11 is 0. The maximum atomic E-state index is 0. The van der Waals surface area contributed by atoms with Crippen molar-refractivity contribution in [2.45, 2.75) is 0 Å². The van der Waals surface area contributed by atoms with Crippen LogP contribution in [0.4, 0.5) is 0 Å². The van der Waals surface area contributed by atoms with Gasteiger partial charge in [0.2, 0.25) is 0 Å². The van der Waals surface area contributed by atoms with Crippen LogP contribution in [-0.2, 0) is 103 Å². The van der Waals surface area contributed by atoms with Gasteiger partial charge in [-0.05, 0) is 0 Å². The van der Waals surface area contributed by atoms with E-state index in [1.807, 2.05) is 0 Å². The monoisotopic (exact) mass is 302 g/mol. The van der Waals surface area contributed by atoms with Crippen LogP contribution in [0.3, 0.4) is 0 Å². The van der Waals surface area contributed by atoms with E-state index in [9.17, 15) is 0 Å². The molecule has 7 nitrogen and oxygen atoms in total. The van der Waals surface area contributed by atoms with Gasteiger partial charge in [-0.3, -0.25) is 0 Å². The quantitative estimate of drug-likeness (QED) is 0.383. The first-order valence-electron chi connectivity index (χ1n) is 0. The molecule has 0 aromatic carbocycles. The molecule has 0 aromatic rings. The van der Waals surface area contributed by atoms with Crippen LogP contribution in [0.25, 0.3) is 0 Å². The van der Waals surface area contributed by atoms with Gasteiger partial charge >= 0.3 is 124 Å². The molecule has 0 amide bonds. The van der Waals surface area contributed by atoms with Gasteiger partial charge in [-0.15, -0.1) is 0 Å². The molecular weight excluding hydrogens is 302 g/mol. The summed E-state index contributed by atoms with van der Waals surface area (Å²) in [4.78, 5) is 0. The van der Waals surface area contributed by atoms with Crippen LogP contribution in [0, 0.1) is 0 Å². The van der Waals surface area contributed by atoms with E-state index in [2.05, 4.69) is 0 Å². The minimum atomic E-state index is 0. The number of hydrogen-bond acceptors (Lipinski definition) is 0. The molecular formula is Na2O7Ti3. The molecule has 0 atom stereocenters. The average Bonchev–Trinajstić information content (AvgIpc) is 0. The Kier molecular flexibility index (Phi) is 3750. The van der Waals surface area contributed by atoms with Crippen molar-refractivity contribution in [1.29, 1.82) is 0 Å². The Morgan fingerprint density at radius 1 is 0.250 bits per heavy atom. The summed E-state index contributed by atoms with van der Waals surface area (Å²) < 4.78 is 0. The third-order valence-electron chi connectivity index (χ3n) is 0. The smallest absolute Gasteiger partial charge is 2.00 e. The van der Waals surface area contributed by atoms with Crippen LogP contribution in [0.2, 0.25) is 0 Å². The van der Waals surface area contributed by atoms with Crippen molar-refractivity contribution >= 4 is 0 Å². The van der Waals surface area contributed by atoms with Gasteiger partial charge in [0, 0.05) is 0 Å². The molecule has 12 heavy (non-hydrogen) atoms. The van der Waals surface area contributed by atoms with Crippen LogP contribution >= 0.6 is 0 Å². The standard InChI is InChI=1S/2Na.7O.3Ti/q2*+1;7*-2;3*+4. The van der Waals surface area contributed by atoms with Crippen LogP contribution in [0.1, 0.15) is 0 Å². The largest absolute Gasteiger partial charge is 4.00 e. The Bertz CT molecular complexity index is 16.6. The molecule has 0 radical (unpaired) electrons. The molecule has 0 fully saturated rings. The summed E-state index contributed by atoms with van der Waals surface area (Å²) in [6, 6.07) is 0. The maximum Gasteiger partial charge on any atom is 4.00 e. The molecule has 0 saturated carbocycles. The van der Waals surface area contributed by atoms with Gasteiger partial charge < -0.3 is 38.3 Å². The fourth-order valence-corrected chi connectivity index (χ4v) is 0. The third kappa shape index (κ3) is 154. The van der Waals surface area contributed by atoms with Gasteiger partial charge in [0.25, 0.3) is 0 Å². The molecule has 0 aliphatic heterocycles. The molecule has 0 aromatic heterocycles. The van der Waals surface area contributed by atoms with E-state index >= 15 is 0 Å². The fourth-order valence-electron chi connectivity index (χ4n) is 0. The summed E-state index contributed by atoms with van der Waals surface area (Å²) in [5.74, 6) is 0. The molecule has 0 bridgehead atoms. The van der Waals surface area contributed by atoms with Crippen LogP contribution in [-0.4, -0.2) is 0 Å². The second kappa shape index (κ2) is 191. The maximum absolute atomic E-state index is 0. The molecule has 0 heterocycles. The first-order chi connectivity index (χ1) is 0. The van der Waals surface area contributed by atoms with Crippen molar-refractivity contribution in [2.75, 3.05) is 0 Å². The molecule has 12 heteroatoms. The molecule has 0 aliphatic rings. The van der Waals surface area contributed by atoms with Crippen molar-refractivity contribution in [3.63, 3.8) is 0 Å². The van der Waals surface area contributed by atoms with E-state index in [4.69, 9.17) is 0 Å². The summed E-state index contributed by atoms with van der Waals surface area (Å²) in [7, 11) is 0. The molecule has 0 rings (SSSR count). The Balaban J connectivity index is 0. The molecule has 0 unspecified atom stereocenters. The summed E-state index contributed by atoms with van der Waals surface area (Å²) in [6.07, 6.45) is 0. The van der Waals surface area contributed by atoms with Crippen molar-refractivity contribution < 1.29 is 163 Å². The predicted molar refractivity (Wildman–Crippen MR) is 4.81 cm³/mol. The normalized spacial score (nSPS) is 0. The van der Waals surface area contributed by atoms with Crippen molar-refractivity contribution in [2.24, 2.45) is 0 Å². The second-order valence-electron chi connectivity index (χ2n) is 0. The Labute approximate surface area is 160 Å². The summed E-state index contributed by atoms with van der Waals surface area (Å²) in [6.45, 7) is 0. The zero-order valence-electron chi connectivity index (χ0n) is 6.36. The van der Waals surface area contributed by atoms with Crippen LogP contribution in [0.15, 0.2) is 0 Å². The van der Waals surface area contributed by atoms with E-state index in [0.29, 0.717) is 0 Å². The van der Waals surface area contributed by atoms with Gasteiger partial charge in [-0.2, -0.15) is 0 Å². The Hall–Kier alpha value is 3.86. The van der Waals surface area contributed by atoms with E-state index in [1.165, 1.54) is 0 Å². The van der Waals surface area contributed by atoms with Gasteiger partial charge in [-0.25, -0.2) is 0 Å². The molecule has 56 valence electrons. The molecule has 0 saturated heterocycles. The zero-order chi connectivity index (χ0) is 0. The topological polar surface area (TPSA) is 200 Å². The fraction of sp³-hybridized carbons (Fsp3) is 0. The molecule has 0 N–H and O–H groups in total. The van der Waals surface area contributed by atoms with E-state index in [1.54, 1.807) is 0 Å². The first-order valence-corrected chi connectivity index (χ1v) is 0. The number of rotatable bonds is 0. The molecule has 0 aliphatic carbocycles. The Morgan fingerprint density at radius 2 is 0.250 bits per heavy atom. The molecule has 0 spiro atoms. The van der Waals surface area contributed by atoms with Gasteiger partial charge in [-0.1, -0.05) is 0 Å². The van der Waals surface area contributed by atoms with E-state index in [-0.39, 0.29) is 163 Å². The predicted octanol–water partition coefficient (Wildman–Crippen LogP) is -6.83. The zero-order valence-corrected chi connectivity index (χ0v) is 15.0. The summed E-state index contributed by atoms with van der Waals surface area (Å²) in [5.41, 5.74) is 0. The van der Waals surface area contributed by atoms with Crippen LogP contribution in [0.5, 0.6) is 0 Å².